The Labute approximate surface area is 77.6 Å². The lowest BCUT2D eigenvalue weighted by Gasteiger charge is -1.99. The first-order chi connectivity index (χ1) is 6.16. The smallest absolute Gasteiger partial charge is 0.303 e. The molecule has 0 saturated carbocycles. The van der Waals surface area contributed by atoms with Crippen molar-refractivity contribution in [2.75, 3.05) is 6.54 Å². The zero-order valence-electron chi connectivity index (χ0n) is 7.75. The number of carbonyl (C=O) groups excluding carboxylic acids is 1. The molecule has 0 rings (SSSR count). The number of carboxylic acids is 1. The van der Waals surface area contributed by atoms with Crippen molar-refractivity contribution in [1.29, 1.82) is 0 Å². The Morgan fingerprint density at radius 2 is 2.08 bits per heavy atom. The first-order valence-corrected chi connectivity index (χ1v) is 4.29. The normalized spacial score (nSPS) is 10.2. The lowest BCUT2D eigenvalue weighted by Crippen LogP contribution is -2.22. The minimum absolute atomic E-state index is 0.127. The van der Waals surface area contributed by atoms with Crippen molar-refractivity contribution < 1.29 is 14.7 Å². The quantitative estimate of drug-likeness (QED) is 0.478. The van der Waals surface area contributed by atoms with E-state index in [4.69, 9.17) is 5.11 Å². The average Bonchev–Trinajstić information content (AvgIpc) is 2.03. The summed E-state index contributed by atoms with van der Waals surface area (Å²) in [6, 6.07) is 0. The number of allylic oxidation sites excluding steroid dienone is 1. The lowest BCUT2D eigenvalue weighted by molar-refractivity contribution is -0.137. The highest BCUT2D eigenvalue weighted by Gasteiger charge is 1.97. The summed E-state index contributed by atoms with van der Waals surface area (Å²) in [5.41, 5.74) is 0. The number of amides is 1. The highest BCUT2D eigenvalue weighted by Crippen LogP contribution is 1.93. The highest BCUT2D eigenvalue weighted by atomic mass is 16.4. The topological polar surface area (TPSA) is 66.4 Å². The number of hydrogen-bond acceptors (Lipinski definition) is 2. The van der Waals surface area contributed by atoms with Crippen LogP contribution in [0.25, 0.3) is 0 Å². The number of rotatable bonds is 6. The minimum atomic E-state index is -0.792. The number of aliphatic carboxylic acids is 1. The maximum absolute atomic E-state index is 10.8. The van der Waals surface area contributed by atoms with Crippen molar-refractivity contribution in [2.24, 2.45) is 0 Å². The number of nitrogens with one attached hydrogen (secondary N) is 1. The summed E-state index contributed by atoms with van der Waals surface area (Å²) in [4.78, 5) is 20.9. The lowest BCUT2D eigenvalue weighted by atomic mass is 10.2. The van der Waals surface area contributed by atoms with Gasteiger partial charge in [0, 0.05) is 13.0 Å². The second-order valence-electron chi connectivity index (χ2n) is 2.64. The molecule has 4 heteroatoms. The molecular weight excluding hydrogens is 170 g/mol. The molecule has 0 aliphatic rings. The van der Waals surface area contributed by atoms with Gasteiger partial charge in [0.1, 0.15) is 0 Å². The van der Waals surface area contributed by atoms with E-state index in [0.29, 0.717) is 19.4 Å². The fraction of sp³-hybridized carbons (Fsp3) is 0.556. The van der Waals surface area contributed by atoms with Crippen LogP contribution in [-0.4, -0.2) is 23.5 Å². The fourth-order valence-electron chi connectivity index (χ4n) is 0.823. The molecule has 0 radical (unpaired) electrons. The summed E-state index contributed by atoms with van der Waals surface area (Å²) in [7, 11) is 0. The van der Waals surface area contributed by atoms with Gasteiger partial charge in [0.15, 0.2) is 0 Å². The largest absolute Gasteiger partial charge is 0.481 e. The second-order valence-corrected chi connectivity index (χ2v) is 2.64. The molecule has 0 heterocycles. The van der Waals surface area contributed by atoms with Crippen LogP contribution in [0.15, 0.2) is 12.2 Å². The van der Waals surface area contributed by atoms with Gasteiger partial charge in [-0.2, -0.15) is 0 Å². The van der Waals surface area contributed by atoms with Crippen molar-refractivity contribution in [3.8, 4) is 0 Å². The van der Waals surface area contributed by atoms with E-state index in [1.165, 1.54) is 6.08 Å². The first-order valence-electron chi connectivity index (χ1n) is 4.29. The zero-order valence-corrected chi connectivity index (χ0v) is 7.75. The maximum atomic E-state index is 10.8. The first kappa shape index (κ1) is 11.7. The molecule has 0 aromatic rings. The molecule has 0 saturated heterocycles. The zero-order chi connectivity index (χ0) is 10.1. The van der Waals surface area contributed by atoms with Crippen LogP contribution >= 0.6 is 0 Å². The predicted octanol–water partition coefficient (Wildman–Crippen LogP) is 0.934. The van der Waals surface area contributed by atoms with E-state index in [1.807, 2.05) is 0 Å². The molecule has 0 aromatic heterocycles. The molecule has 0 aliphatic carbocycles. The molecule has 0 atom stereocenters. The van der Waals surface area contributed by atoms with Crippen molar-refractivity contribution in [3.63, 3.8) is 0 Å². The number of hydrogen-bond donors (Lipinski definition) is 2. The van der Waals surface area contributed by atoms with Crippen LogP contribution in [0.4, 0.5) is 0 Å². The Balaban J connectivity index is 3.25. The molecule has 13 heavy (non-hydrogen) atoms. The van der Waals surface area contributed by atoms with Gasteiger partial charge in [-0.05, 0) is 25.8 Å². The van der Waals surface area contributed by atoms with Crippen LogP contribution in [-0.2, 0) is 9.59 Å². The molecule has 0 bridgehead atoms. The molecule has 2 N–H and O–H groups in total. The van der Waals surface area contributed by atoms with Crippen LogP contribution in [0.2, 0.25) is 0 Å². The molecule has 4 nitrogen and oxygen atoms in total. The van der Waals surface area contributed by atoms with E-state index in [2.05, 4.69) is 5.32 Å². The van der Waals surface area contributed by atoms with E-state index in [0.717, 1.165) is 0 Å². The van der Waals surface area contributed by atoms with Gasteiger partial charge >= 0.3 is 5.97 Å². The number of unbranched alkanes of at least 4 members (excludes halogenated alkanes) is 1. The number of carboxylic acid groups (broad SMARTS) is 1. The Hall–Kier alpha value is -1.32. The van der Waals surface area contributed by atoms with E-state index < -0.39 is 5.97 Å². The molecule has 0 fully saturated rings. The summed E-state index contributed by atoms with van der Waals surface area (Å²) >= 11 is 0. The molecule has 0 unspecified atom stereocenters. The molecule has 0 spiro atoms. The van der Waals surface area contributed by atoms with Crippen molar-refractivity contribution >= 4 is 11.9 Å². The van der Waals surface area contributed by atoms with Crippen molar-refractivity contribution in [2.45, 2.75) is 26.2 Å². The molecule has 1 amide bonds. The van der Waals surface area contributed by atoms with Gasteiger partial charge in [0.2, 0.25) is 5.91 Å². The van der Waals surface area contributed by atoms with Gasteiger partial charge in [-0.1, -0.05) is 6.08 Å². The van der Waals surface area contributed by atoms with Crippen LogP contribution in [0.1, 0.15) is 26.2 Å². The van der Waals surface area contributed by atoms with Crippen LogP contribution in [0.5, 0.6) is 0 Å². The van der Waals surface area contributed by atoms with Gasteiger partial charge in [-0.15, -0.1) is 0 Å². The van der Waals surface area contributed by atoms with Gasteiger partial charge in [-0.3, -0.25) is 9.59 Å². The Morgan fingerprint density at radius 3 is 2.62 bits per heavy atom. The monoisotopic (exact) mass is 185 g/mol. The van der Waals surface area contributed by atoms with E-state index in [-0.39, 0.29) is 12.3 Å². The third kappa shape index (κ3) is 8.59. The Kier molecular flexibility index (Phi) is 6.59. The molecule has 0 aromatic carbocycles. The van der Waals surface area contributed by atoms with E-state index >= 15 is 0 Å². The van der Waals surface area contributed by atoms with Gasteiger partial charge in [-0.25, -0.2) is 0 Å². The van der Waals surface area contributed by atoms with Gasteiger partial charge in [0.25, 0.3) is 0 Å². The van der Waals surface area contributed by atoms with Crippen LogP contribution < -0.4 is 5.32 Å². The second kappa shape index (κ2) is 7.34. The summed E-state index contributed by atoms with van der Waals surface area (Å²) in [6.07, 6.45) is 4.57. The molecular formula is C9H15NO3. The van der Waals surface area contributed by atoms with Crippen molar-refractivity contribution in [3.05, 3.63) is 12.2 Å². The molecule has 74 valence electrons. The summed E-state index contributed by atoms with van der Waals surface area (Å²) in [5.74, 6) is -0.919. The van der Waals surface area contributed by atoms with E-state index in [9.17, 15) is 9.59 Å². The summed E-state index contributed by atoms with van der Waals surface area (Å²) < 4.78 is 0. The average molecular weight is 185 g/mol. The van der Waals surface area contributed by atoms with Gasteiger partial charge < -0.3 is 10.4 Å². The minimum Gasteiger partial charge on any atom is -0.481 e. The van der Waals surface area contributed by atoms with Gasteiger partial charge in [0.05, 0.1) is 0 Å². The van der Waals surface area contributed by atoms with Crippen molar-refractivity contribution in [1.82, 2.24) is 5.32 Å². The third-order valence-corrected chi connectivity index (χ3v) is 1.43. The Morgan fingerprint density at radius 1 is 1.38 bits per heavy atom. The summed E-state index contributed by atoms with van der Waals surface area (Å²) in [6.45, 7) is 2.31. The predicted molar refractivity (Wildman–Crippen MR) is 49.3 cm³/mol. The highest BCUT2D eigenvalue weighted by molar-refractivity contribution is 5.87. The third-order valence-electron chi connectivity index (χ3n) is 1.43. The fourth-order valence-corrected chi connectivity index (χ4v) is 0.823. The SMILES string of the molecule is CC=CC(=O)NCCCCC(=O)O. The molecule has 0 aliphatic heterocycles. The van der Waals surface area contributed by atoms with Crippen LogP contribution in [0, 0.1) is 0 Å². The standard InChI is InChI=1S/C9H15NO3/c1-2-5-8(11)10-7-4-3-6-9(12)13/h2,5H,3-4,6-7H2,1H3,(H,10,11)(H,12,13). The van der Waals surface area contributed by atoms with Crippen LogP contribution in [0.3, 0.4) is 0 Å². The van der Waals surface area contributed by atoms with E-state index in [1.54, 1.807) is 13.0 Å². The number of carbonyl (C=O) groups is 2. The maximum Gasteiger partial charge on any atom is 0.303 e. The summed E-state index contributed by atoms with van der Waals surface area (Å²) in [5, 5.41) is 10.9. The Bertz CT molecular complexity index is 199.